The summed E-state index contributed by atoms with van der Waals surface area (Å²) in [5.41, 5.74) is 6.50. The van der Waals surface area contributed by atoms with E-state index in [-0.39, 0.29) is 5.56 Å². The largest absolute Gasteiger partial charge is 0.329 e. The lowest BCUT2D eigenvalue weighted by Crippen LogP contribution is -2.45. The molecule has 0 amide bonds. The number of fused-ring (bicyclic) bond motifs is 1. The third-order valence-electron chi connectivity index (χ3n) is 4.06. The van der Waals surface area contributed by atoms with Crippen LogP contribution in [0.1, 0.15) is 25.5 Å². The fourth-order valence-electron chi connectivity index (χ4n) is 2.91. The molecular weight excluding hydrogens is 256 g/mol. The second-order valence-corrected chi connectivity index (χ2v) is 5.60. The van der Waals surface area contributed by atoms with E-state index < -0.39 is 0 Å². The van der Waals surface area contributed by atoms with Crippen molar-refractivity contribution in [1.29, 1.82) is 0 Å². The van der Waals surface area contributed by atoms with E-state index in [0.717, 1.165) is 18.7 Å². The summed E-state index contributed by atoms with van der Waals surface area (Å²) in [7, 11) is 0. The van der Waals surface area contributed by atoms with Crippen molar-refractivity contribution in [3.05, 3.63) is 28.4 Å². The van der Waals surface area contributed by atoms with Gasteiger partial charge in [0.2, 0.25) is 0 Å². The molecule has 0 aromatic carbocycles. The van der Waals surface area contributed by atoms with Crippen LogP contribution in [0, 0.1) is 5.92 Å². The summed E-state index contributed by atoms with van der Waals surface area (Å²) in [4.78, 5) is 22.7. The number of likely N-dealkylation sites (tertiary alicyclic amines) is 1. The molecule has 3 N–H and O–H groups in total. The molecule has 7 nitrogen and oxygen atoms in total. The first kappa shape index (κ1) is 13.3. The van der Waals surface area contributed by atoms with Gasteiger partial charge >= 0.3 is 0 Å². The standard InChI is InChI=1S/C13H20N6O/c1-9-2-3-18(11(4-9)6-14)7-10-5-12(20)19-13(17-10)15-8-16-19/h5,8-9,11H,2-4,6-7,14H2,1H3,(H,15,16,17). The van der Waals surface area contributed by atoms with Gasteiger partial charge in [0.25, 0.3) is 11.3 Å². The quantitative estimate of drug-likeness (QED) is 0.821. The van der Waals surface area contributed by atoms with Crippen molar-refractivity contribution in [2.24, 2.45) is 11.7 Å². The number of aromatic amines is 1. The summed E-state index contributed by atoms with van der Waals surface area (Å²) >= 11 is 0. The number of nitrogens with zero attached hydrogens (tertiary/aromatic N) is 4. The lowest BCUT2D eigenvalue weighted by Gasteiger charge is -2.37. The predicted octanol–water partition coefficient (Wildman–Crippen LogP) is -0.0232. The molecule has 3 heterocycles. The molecule has 1 aliphatic heterocycles. The molecule has 0 aliphatic carbocycles. The minimum absolute atomic E-state index is 0.128. The van der Waals surface area contributed by atoms with Crippen molar-refractivity contribution in [3.63, 3.8) is 0 Å². The molecule has 2 aromatic rings. The summed E-state index contributed by atoms with van der Waals surface area (Å²) < 4.78 is 1.34. The maximum absolute atomic E-state index is 11.9. The highest BCUT2D eigenvalue weighted by atomic mass is 16.1. The Balaban J connectivity index is 1.83. The maximum Gasteiger partial charge on any atom is 0.274 e. The maximum atomic E-state index is 11.9. The Hall–Kier alpha value is -1.73. The summed E-state index contributed by atoms with van der Waals surface area (Å²) in [6, 6.07) is 1.94. The smallest absolute Gasteiger partial charge is 0.274 e. The van der Waals surface area contributed by atoms with Crippen molar-refractivity contribution in [3.8, 4) is 0 Å². The predicted molar refractivity (Wildman–Crippen MR) is 75.3 cm³/mol. The average Bonchev–Trinajstić information content (AvgIpc) is 2.89. The number of hydrogen-bond acceptors (Lipinski definition) is 5. The first-order valence-corrected chi connectivity index (χ1v) is 7.03. The minimum atomic E-state index is -0.128. The van der Waals surface area contributed by atoms with Gasteiger partial charge in [0, 0.05) is 25.2 Å². The van der Waals surface area contributed by atoms with Crippen molar-refractivity contribution in [2.45, 2.75) is 32.4 Å². The second kappa shape index (κ2) is 5.34. The van der Waals surface area contributed by atoms with Gasteiger partial charge in [0.1, 0.15) is 6.33 Å². The van der Waals surface area contributed by atoms with E-state index in [1.807, 2.05) is 0 Å². The molecular formula is C13H20N6O. The van der Waals surface area contributed by atoms with E-state index in [0.29, 0.717) is 30.8 Å². The molecule has 2 unspecified atom stereocenters. The van der Waals surface area contributed by atoms with Gasteiger partial charge in [0.15, 0.2) is 0 Å². The topological polar surface area (TPSA) is 92.3 Å². The first-order chi connectivity index (χ1) is 9.67. The Morgan fingerprint density at radius 1 is 1.55 bits per heavy atom. The fraction of sp³-hybridized carbons (Fsp3) is 0.615. The average molecular weight is 276 g/mol. The zero-order valence-electron chi connectivity index (χ0n) is 11.6. The number of hydrogen-bond donors (Lipinski definition) is 2. The van der Waals surface area contributed by atoms with Crippen molar-refractivity contribution < 1.29 is 0 Å². The Kier molecular flexibility index (Phi) is 3.54. The monoisotopic (exact) mass is 276 g/mol. The van der Waals surface area contributed by atoms with Gasteiger partial charge in [-0.2, -0.15) is 4.52 Å². The third-order valence-corrected chi connectivity index (χ3v) is 4.06. The van der Waals surface area contributed by atoms with Crippen LogP contribution in [0.2, 0.25) is 0 Å². The SMILES string of the molecule is CC1CCN(Cc2cc(=O)n3[nH]cnc3n2)C(CN)C1. The van der Waals surface area contributed by atoms with Crippen LogP contribution in [0.4, 0.5) is 0 Å². The number of aromatic nitrogens is 4. The van der Waals surface area contributed by atoms with Crippen LogP contribution in [0.15, 0.2) is 17.2 Å². The van der Waals surface area contributed by atoms with Gasteiger partial charge in [-0.05, 0) is 25.3 Å². The molecule has 108 valence electrons. The number of H-pyrrole nitrogens is 1. The van der Waals surface area contributed by atoms with Crippen LogP contribution in [-0.2, 0) is 6.54 Å². The third kappa shape index (κ3) is 2.46. The normalized spacial score (nSPS) is 24.3. The molecule has 1 saturated heterocycles. The molecule has 1 fully saturated rings. The summed E-state index contributed by atoms with van der Waals surface area (Å²) in [5, 5.41) is 2.74. The molecule has 2 atom stereocenters. The lowest BCUT2D eigenvalue weighted by atomic mass is 9.92. The molecule has 0 bridgehead atoms. The van der Waals surface area contributed by atoms with Gasteiger partial charge < -0.3 is 5.73 Å². The lowest BCUT2D eigenvalue weighted by molar-refractivity contribution is 0.114. The zero-order valence-corrected chi connectivity index (χ0v) is 11.6. The van der Waals surface area contributed by atoms with Gasteiger partial charge in [0.05, 0.1) is 5.69 Å². The summed E-state index contributed by atoms with van der Waals surface area (Å²) in [6.45, 7) is 4.58. The number of rotatable bonds is 3. The van der Waals surface area contributed by atoms with E-state index in [1.165, 1.54) is 17.3 Å². The Bertz CT molecular complexity index is 648. The highest BCUT2D eigenvalue weighted by molar-refractivity contribution is 5.26. The Morgan fingerprint density at radius 2 is 2.40 bits per heavy atom. The van der Waals surface area contributed by atoms with Crippen LogP contribution in [0.3, 0.4) is 0 Å². The van der Waals surface area contributed by atoms with Crippen molar-refractivity contribution in [1.82, 2.24) is 24.5 Å². The van der Waals surface area contributed by atoms with Gasteiger partial charge in [-0.1, -0.05) is 6.92 Å². The Labute approximate surface area is 116 Å². The number of nitrogens with one attached hydrogen (secondary N) is 1. The zero-order chi connectivity index (χ0) is 14.1. The number of piperidine rings is 1. The second-order valence-electron chi connectivity index (χ2n) is 5.60. The van der Waals surface area contributed by atoms with Gasteiger partial charge in [-0.3, -0.25) is 14.8 Å². The molecule has 1 aliphatic rings. The Morgan fingerprint density at radius 3 is 3.20 bits per heavy atom. The highest BCUT2D eigenvalue weighted by Crippen LogP contribution is 2.23. The summed E-state index contributed by atoms with van der Waals surface area (Å²) in [5.74, 6) is 1.13. The van der Waals surface area contributed by atoms with Crippen molar-refractivity contribution in [2.75, 3.05) is 13.1 Å². The fourth-order valence-corrected chi connectivity index (χ4v) is 2.91. The van der Waals surface area contributed by atoms with E-state index in [9.17, 15) is 4.79 Å². The van der Waals surface area contributed by atoms with E-state index in [4.69, 9.17) is 5.73 Å². The molecule has 20 heavy (non-hydrogen) atoms. The van der Waals surface area contributed by atoms with Gasteiger partial charge in [-0.25, -0.2) is 9.97 Å². The van der Waals surface area contributed by atoms with Crippen LogP contribution in [0.5, 0.6) is 0 Å². The van der Waals surface area contributed by atoms with Crippen molar-refractivity contribution >= 4 is 5.78 Å². The van der Waals surface area contributed by atoms with E-state index >= 15 is 0 Å². The van der Waals surface area contributed by atoms with Crippen LogP contribution < -0.4 is 11.3 Å². The molecule has 0 saturated carbocycles. The minimum Gasteiger partial charge on any atom is -0.329 e. The number of nitrogens with two attached hydrogens (primary N) is 1. The molecule has 0 radical (unpaired) electrons. The molecule has 7 heteroatoms. The molecule has 0 spiro atoms. The highest BCUT2D eigenvalue weighted by Gasteiger charge is 2.25. The molecule has 2 aromatic heterocycles. The first-order valence-electron chi connectivity index (χ1n) is 7.03. The van der Waals surface area contributed by atoms with Crippen LogP contribution >= 0.6 is 0 Å². The molecule has 3 rings (SSSR count). The van der Waals surface area contributed by atoms with E-state index in [2.05, 4.69) is 26.9 Å². The van der Waals surface area contributed by atoms with Crippen LogP contribution in [-0.4, -0.2) is 43.6 Å². The van der Waals surface area contributed by atoms with Gasteiger partial charge in [-0.15, -0.1) is 0 Å². The van der Waals surface area contributed by atoms with Crippen LogP contribution in [0.25, 0.3) is 5.78 Å². The van der Waals surface area contributed by atoms with E-state index in [1.54, 1.807) is 6.07 Å². The summed E-state index contributed by atoms with van der Waals surface area (Å²) in [6.07, 6.45) is 3.75.